The van der Waals surface area contributed by atoms with Crippen molar-refractivity contribution in [3.05, 3.63) is 54.3 Å². The fourth-order valence-electron chi connectivity index (χ4n) is 3.95. The molecule has 2 fully saturated rings. The van der Waals surface area contributed by atoms with Crippen molar-refractivity contribution in [1.29, 1.82) is 0 Å². The Morgan fingerprint density at radius 2 is 1.61 bits per heavy atom. The van der Waals surface area contributed by atoms with E-state index in [1.165, 1.54) is 29.6 Å². The topological polar surface area (TPSA) is 87.2 Å². The largest absolute Gasteiger partial charge is 0.497 e. The Morgan fingerprint density at radius 3 is 2.23 bits per heavy atom. The number of carbonyl (C=O) groups is 2. The van der Waals surface area contributed by atoms with E-state index < -0.39 is 21.9 Å². The molecule has 164 valence electrons. The first-order valence-corrected chi connectivity index (χ1v) is 11.3. The first-order valence-electron chi connectivity index (χ1n) is 9.82. The summed E-state index contributed by atoms with van der Waals surface area (Å²) in [6.07, 6.45) is 0.0327. The summed E-state index contributed by atoms with van der Waals surface area (Å²) in [7, 11) is -2.44. The molecule has 0 aliphatic carbocycles. The Balaban J connectivity index is 1.45. The van der Waals surface area contributed by atoms with Gasteiger partial charge in [0, 0.05) is 26.2 Å². The average Bonchev–Trinajstić information content (AvgIpc) is 3.08. The molecule has 2 amide bonds. The number of nitrogens with zero attached hydrogens (tertiary/aromatic N) is 3. The van der Waals surface area contributed by atoms with Crippen LogP contribution in [0.4, 0.5) is 10.1 Å². The molecule has 0 bridgehead atoms. The monoisotopic (exact) mass is 447 g/mol. The molecule has 0 spiro atoms. The number of imide groups is 1. The van der Waals surface area contributed by atoms with Crippen LogP contribution in [0.3, 0.4) is 0 Å². The van der Waals surface area contributed by atoms with Gasteiger partial charge in [-0.15, -0.1) is 0 Å². The molecule has 2 saturated heterocycles. The summed E-state index contributed by atoms with van der Waals surface area (Å²) in [5, 5.41) is 0. The molecule has 1 atom stereocenters. The highest BCUT2D eigenvalue weighted by Gasteiger charge is 2.44. The number of methoxy groups -OCH3 is 1. The minimum Gasteiger partial charge on any atom is -0.497 e. The van der Waals surface area contributed by atoms with Crippen LogP contribution in [0.5, 0.6) is 5.75 Å². The first-order chi connectivity index (χ1) is 14.8. The van der Waals surface area contributed by atoms with Crippen molar-refractivity contribution in [2.75, 3.05) is 38.2 Å². The van der Waals surface area contributed by atoms with Crippen LogP contribution in [0, 0.1) is 5.82 Å². The van der Waals surface area contributed by atoms with E-state index in [1.54, 1.807) is 24.3 Å². The van der Waals surface area contributed by atoms with Gasteiger partial charge in [0.05, 0.1) is 25.3 Å². The van der Waals surface area contributed by atoms with E-state index in [4.69, 9.17) is 4.74 Å². The zero-order chi connectivity index (χ0) is 22.2. The minimum atomic E-state index is -3.97. The smallest absolute Gasteiger partial charge is 0.251 e. The quantitative estimate of drug-likeness (QED) is 0.646. The molecule has 10 heteroatoms. The number of amides is 2. The van der Waals surface area contributed by atoms with Crippen LogP contribution in [0.25, 0.3) is 0 Å². The van der Waals surface area contributed by atoms with Gasteiger partial charge in [0.1, 0.15) is 16.5 Å². The van der Waals surface area contributed by atoms with Crippen LogP contribution >= 0.6 is 0 Å². The summed E-state index contributed by atoms with van der Waals surface area (Å²) in [6, 6.07) is 11.3. The number of benzene rings is 2. The summed E-state index contributed by atoms with van der Waals surface area (Å²) in [5.41, 5.74) is 0.471. The normalized spacial score (nSPS) is 21.0. The van der Waals surface area contributed by atoms with E-state index in [9.17, 15) is 22.4 Å². The Bertz CT molecular complexity index is 1100. The molecule has 2 heterocycles. The third-order valence-corrected chi connectivity index (χ3v) is 7.55. The number of halogens is 1. The maximum atomic E-state index is 14.0. The van der Waals surface area contributed by atoms with Crippen molar-refractivity contribution < 1.29 is 27.1 Å². The highest BCUT2D eigenvalue weighted by Crippen LogP contribution is 2.28. The standard InChI is InChI=1S/C21H22FN3O5S/c1-30-16-8-6-15(7-9-16)25-20(26)14-18(21(25)27)23-10-12-24(13-11-23)31(28,29)19-5-3-2-4-17(19)22/h2-9,18H,10-14H2,1H3. The zero-order valence-corrected chi connectivity index (χ0v) is 17.7. The molecule has 31 heavy (non-hydrogen) atoms. The summed E-state index contributed by atoms with van der Waals surface area (Å²) >= 11 is 0. The second kappa shape index (κ2) is 8.37. The molecular weight excluding hydrogens is 425 g/mol. The van der Waals surface area contributed by atoms with Crippen molar-refractivity contribution in [3.8, 4) is 5.75 Å². The van der Waals surface area contributed by atoms with Crippen LogP contribution in [-0.2, 0) is 19.6 Å². The Labute approximate surface area is 179 Å². The van der Waals surface area contributed by atoms with Gasteiger partial charge in [-0.3, -0.25) is 14.5 Å². The third kappa shape index (κ3) is 3.93. The molecule has 0 N–H and O–H groups in total. The molecule has 0 saturated carbocycles. The Hall–Kier alpha value is -2.82. The van der Waals surface area contributed by atoms with Crippen molar-refractivity contribution >= 4 is 27.5 Å². The van der Waals surface area contributed by atoms with E-state index in [0.717, 1.165) is 11.0 Å². The molecule has 2 aromatic carbocycles. The number of hydrogen-bond donors (Lipinski definition) is 0. The van der Waals surface area contributed by atoms with Crippen LogP contribution in [0.2, 0.25) is 0 Å². The van der Waals surface area contributed by atoms with Crippen molar-refractivity contribution in [2.45, 2.75) is 17.4 Å². The average molecular weight is 447 g/mol. The van der Waals surface area contributed by atoms with Crippen LogP contribution < -0.4 is 9.64 Å². The van der Waals surface area contributed by atoms with Crippen molar-refractivity contribution in [2.24, 2.45) is 0 Å². The molecule has 8 nitrogen and oxygen atoms in total. The van der Waals surface area contributed by atoms with Gasteiger partial charge in [-0.1, -0.05) is 12.1 Å². The van der Waals surface area contributed by atoms with Crippen molar-refractivity contribution in [3.63, 3.8) is 0 Å². The number of rotatable bonds is 5. The van der Waals surface area contributed by atoms with Gasteiger partial charge < -0.3 is 4.74 Å². The van der Waals surface area contributed by atoms with Gasteiger partial charge in [0.25, 0.3) is 5.91 Å². The molecule has 2 aliphatic heterocycles. The van der Waals surface area contributed by atoms with E-state index in [2.05, 4.69) is 0 Å². The lowest BCUT2D eigenvalue weighted by Gasteiger charge is -2.36. The number of ether oxygens (including phenoxy) is 1. The van der Waals surface area contributed by atoms with Crippen LogP contribution in [0.1, 0.15) is 6.42 Å². The van der Waals surface area contributed by atoms with Gasteiger partial charge in [0.2, 0.25) is 15.9 Å². The van der Waals surface area contributed by atoms with Gasteiger partial charge in [-0.2, -0.15) is 4.31 Å². The molecule has 1 unspecified atom stereocenters. The van der Waals surface area contributed by atoms with E-state index >= 15 is 0 Å². The third-order valence-electron chi connectivity index (χ3n) is 5.62. The first kappa shape index (κ1) is 21.4. The number of anilines is 1. The lowest BCUT2D eigenvalue weighted by atomic mass is 10.2. The predicted octanol–water partition coefficient (Wildman–Crippen LogP) is 1.47. The van der Waals surface area contributed by atoms with Gasteiger partial charge in [-0.05, 0) is 36.4 Å². The van der Waals surface area contributed by atoms with Crippen LogP contribution in [0.15, 0.2) is 53.4 Å². The highest BCUT2D eigenvalue weighted by molar-refractivity contribution is 7.89. The number of piperazine rings is 1. The van der Waals surface area contributed by atoms with E-state index in [0.29, 0.717) is 11.4 Å². The van der Waals surface area contributed by atoms with Crippen molar-refractivity contribution in [1.82, 2.24) is 9.21 Å². The maximum Gasteiger partial charge on any atom is 0.251 e. The fourth-order valence-corrected chi connectivity index (χ4v) is 5.44. The molecule has 0 radical (unpaired) electrons. The predicted molar refractivity (Wildman–Crippen MR) is 111 cm³/mol. The summed E-state index contributed by atoms with van der Waals surface area (Å²) in [4.78, 5) is 28.1. The fraction of sp³-hybridized carbons (Fsp3) is 0.333. The number of sulfonamides is 1. The van der Waals surface area contributed by atoms with Crippen LogP contribution in [-0.4, -0.2) is 68.8 Å². The summed E-state index contributed by atoms with van der Waals surface area (Å²) in [6.45, 7) is 0.760. The molecule has 2 aromatic rings. The zero-order valence-electron chi connectivity index (χ0n) is 16.9. The molecule has 2 aliphatic rings. The van der Waals surface area contributed by atoms with Gasteiger partial charge in [-0.25, -0.2) is 17.7 Å². The summed E-state index contributed by atoms with van der Waals surface area (Å²) < 4.78 is 45.9. The second-order valence-corrected chi connectivity index (χ2v) is 9.26. The SMILES string of the molecule is COc1ccc(N2C(=O)CC(N3CCN(S(=O)(=O)c4ccccc4F)CC3)C2=O)cc1. The Morgan fingerprint density at radius 1 is 0.968 bits per heavy atom. The van der Waals surface area contributed by atoms with Gasteiger partial charge in [0.15, 0.2) is 0 Å². The molecular formula is C21H22FN3O5S. The number of carbonyl (C=O) groups excluding carboxylic acids is 2. The lowest BCUT2D eigenvalue weighted by Crippen LogP contribution is -2.53. The number of hydrogen-bond acceptors (Lipinski definition) is 6. The summed E-state index contributed by atoms with van der Waals surface area (Å²) in [5.74, 6) is -0.814. The second-order valence-electron chi connectivity index (χ2n) is 7.36. The van der Waals surface area contributed by atoms with Gasteiger partial charge >= 0.3 is 0 Å². The lowest BCUT2D eigenvalue weighted by molar-refractivity contribution is -0.123. The van der Waals surface area contributed by atoms with E-state index in [1.807, 2.05) is 4.90 Å². The Kier molecular flexibility index (Phi) is 5.78. The molecule has 0 aromatic heterocycles. The molecule has 4 rings (SSSR count). The maximum absolute atomic E-state index is 14.0. The van der Waals surface area contributed by atoms with E-state index in [-0.39, 0.29) is 49.3 Å². The minimum absolute atomic E-state index is 0.0327. The highest BCUT2D eigenvalue weighted by atomic mass is 32.2.